The second-order valence-corrected chi connectivity index (χ2v) is 9.46. The predicted octanol–water partition coefficient (Wildman–Crippen LogP) is 2.81. The molecule has 2 saturated heterocycles. The number of carbonyl (C=O) groups excluding carboxylic acids is 3. The molecule has 2 fully saturated rings. The van der Waals surface area contributed by atoms with Gasteiger partial charge in [0.1, 0.15) is 18.2 Å². The van der Waals surface area contributed by atoms with Crippen molar-refractivity contribution in [3.8, 4) is 0 Å². The summed E-state index contributed by atoms with van der Waals surface area (Å²) < 4.78 is 5.72. The van der Waals surface area contributed by atoms with Crippen molar-refractivity contribution in [2.24, 2.45) is 0 Å². The molecule has 2 rings (SSSR count). The summed E-state index contributed by atoms with van der Waals surface area (Å²) in [5.41, 5.74) is 0. The van der Waals surface area contributed by atoms with Gasteiger partial charge in [-0.2, -0.15) is 0 Å². The summed E-state index contributed by atoms with van der Waals surface area (Å²) >= 11 is 0. The topological polar surface area (TPSA) is 84.5 Å². The Kier molecular flexibility index (Phi) is 9.67. The van der Waals surface area contributed by atoms with E-state index < -0.39 is 12.1 Å². The van der Waals surface area contributed by atoms with Gasteiger partial charge in [-0.05, 0) is 25.7 Å². The summed E-state index contributed by atoms with van der Waals surface area (Å²) in [6, 6.07) is -1.26. The minimum absolute atomic E-state index is 0.0732. The van der Waals surface area contributed by atoms with E-state index in [9.17, 15) is 14.4 Å². The van der Waals surface area contributed by atoms with Crippen LogP contribution in [0.25, 0.3) is 0 Å². The van der Waals surface area contributed by atoms with E-state index in [1.165, 1.54) is 21.6 Å². The van der Waals surface area contributed by atoms with Gasteiger partial charge in [0.2, 0.25) is 11.8 Å². The molecule has 2 aliphatic heterocycles. The third-order valence-corrected chi connectivity index (χ3v) is 7.05. The first-order chi connectivity index (χ1) is 12.6. The van der Waals surface area contributed by atoms with E-state index in [0.29, 0.717) is 17.9 Å². The van der Waals surface area contributed by atoms with Crippen molar-refractivity contribution in [2.45, 2.75) is 82.9 Å². The zero-order valence-electron chi connectivity index (χ0n) is 15.5. The zero-order valence-corrected chi connectivity index (χ0v) is 17.1. The second kappa shape index (κ2) is 11.7. The summed E-state index contributed by atoms with van der Waals surface area (Å²) in [7, 11) is 3.04. The van der Waals surface area contributed by atoms with Crippen molar-refractivity contribution >= 4 is 39.4 Å². The first-order valence-electron chi connectivity index (χ1n) is 9.64. The Balaban J connectivity index is 2.07. The van der Waals surface area contributed by atoms with E-state index >= 15 is 0 Å². The van der Waals surface area contributed by atoms with Crippen LogP contribution in [0, 0.1) is 0 Å². The molecule has 0 aromatic carbocycles. The summed E-state index contributed by atoms with van der Waals surface area (Å²) in [5.74, 6) is 0.235. The average Bonchev–Trinajstić information content (AvgIpc) is 2.59. The molecule has 0 aromatic rings. The molecule has 2 heterocycles. The molecular weight excluding hydrogens is 372 g/mol. The average molecular weight is 403 g/mol. The van der Waals surface area contributed by atoms with E-state index in [1.54, 1.807) is 0 Å². The Morgan fingerprint density at radius 3 is 2.42 bits per heavy atom. The number of rotatable bonds is 2. The van der Waals surface area contributed by atoms with Gasteiger partial charge >= 0.3 is 5.97 Å². The fourth-order valence-electron chi connectivity index (χ4n) is 3.14. The van der Waals surface area contributed by atoms with Gasteiger partial charge in [-0.1, -0.05) is 54.2 Å². The first-order valence-corrected chi connectivity index (χ1v) is 12.1. The standard InChI is InChI=1S/C18H30N2O4S2/c1-2-8-13-9-6-4-3-5-7-10-16(21)19-14-11-25-26-12-15(18(23)24-13)20-17(14)22/h13-15H,2-12H2,1H3,(H,19,21)(H,20,22)/t13-,14+,15+/m1/s1. The Morgan fingerprint density at radius 1 is 0.962 bits per heavy atom. The number of hydrogen-bond acceptors (Lipinski definition) is 6. The molecular formula is C18H30N2O4S2. The maximum atomic E-state index is 12.6. The van der Waals surface area contributed by atoms with Gasteiger partial charge < -0.3 is 15.4 Å². The first kappa shape index (κ1) is 21.4. The van der Waals surface area contributed by atoms with Crippen LogP contribution in [-0.2, 0) is 19.1 Å². The van der Waals surface area contributed by atoms with Crippen molar-refractivity contribution in [1.82, 2.24) is 10.6 Å². The van der Waals surface area contributed by atoms with Crippen LogP contribution in [0.15, 0.2) is 0 Å². The van der Waals surface area contributed by atoms with Crippen LogP contribution in [0.1, 0.15) is 64.7 Å². The Labute approximate surface area is 163 Å². The SMILES string of the molecule is CCC[C@@H]1CCCCCCCC(=O)N[C@H]2CSSC[C@H](NC2=O)C(=O)O1. The Morgan fingerprint density at radius 2 is 1.65 bits per heavy atom. The minimum atomic E-state index is -0.660. The van der Waals surface area contributed by atoms with Gasteiger partial charge in [-0.25, -0.2) is 4.79 Å². The highest BCUT2D eigenvalue weighted by Gasteiger charge is 2.31. The monoisotopic (exact) mass is 402 g/mol. The van der Waals surface area contributed by atoms with E-state index in [0.717, 1.165) is 51.4 Å². The number of fused-ring (bicyclic) bond motifs is 3. The lowest BCUT2D eigenvalue weighted by Gasteiger charge is -2.27. The molecule has 0 unspecified atom stereocenters. The van der Waals surface area contributed by atoms with Crippen LogP contribution in [0.3, 0.4) is 0 Å². The number of nitrogens with one attached hydrogen (secondary N) is 2. The maximum absolute atomic E-state index is 12.6. The van der Waals surface area contributed by atoms with Crippen LogP contribution in [0.5, 0.6) is 0 Å². The number of hydrogen-bond donors (Lipinski definition) is 2. The molecule has 0 radical (unpaired) electrons. The molecule has 2 bridgehead atoms. The number of amides is 2. The molecule has 0 spiro atoms. The highest BCUT2D eigenvalue weighted by Crippen LogP contribution is 2.26. The largest absolute Gasteiger partial charge is 0.461 e. The normalized spacial score (nSPS) is 29.9. The van der Waals surface area contributed by atoms with Gasteiger partial charge in [0.25, 0.3) is 0 Å². The molecule has 8 heteroatoms. The van der Waals surface area contributed by atoms with E-state index in [-0.39, 0.29) is 23.9 Å². The summed E-state index contributed by atoms with van der Waals surface area (Å²) in [6.45, 7) is 2.09. The van der Waals surface area contributed by atoms with Crippen molar-refractivity contribution in [3.63, 3.8) is 0 Å². The molecule has 2 aliphatic rings. The number of cyclic esters (lactones) is 1. The van der Waals surface area contributed by atoms with E-state index in [2.05, 4.69) is 17.6 Å². The highest BCUT2D eigenvalue weighted by molar-refractivity contribution is 8.76. The molecule has 2 amide bonds. The lowest BCUT2D eigenvalue weighted by molar-refractivity contribution is -0.153. The van der Waals surface area contributed by atoms with Crippen molar-refractivity contribution in [1.29, 1.82) is 0 Å². The Hall–Kier alpha value is -0.890. The van der Waals surface area contributed by atoms with Gasteiger partial charge in [0, 0.05) is 17.9 Å². The maximum Gasteiger partial charge on any atom is 0.329 e. The highest BCUT2D eigenvalue weighted by atomic mass is 33.1. The summed E-state index contributed by atoms with van der Waals surface area (Å²) in [4.78, 5) is 37.1. The fourth-order valence-corrected chi connectivity index (χ4v) is 5.45. The molecule has 148 valence electrons. The van der Waals surface area contributed by atoms with Crippen LogP contribution in [0.2, 0.25) is 0 Å². The number of esters is 1. The zero-order chi connectivity index (χ0) is 18.8. The van der Waals surface area contributed by atoms with E-state index in [1.807, 2.05) is 0 Å². The van der Waals surface area contributed by atoms with Crippen LogP contribution in [0.4, 0.5) is 0 Å². The number of carbonyl (C=O) groups is 3. The second-order valence-electron chi connectivity index (χ2n) is 6.90. The Bertz CT molecular complexity index is 490. The summed E-state index contributed by atoms with van der Waals surface area (Å²) in [6.07, 6.45) is 8.11. The third-order valence-electron chi connectivity index (χ3n) is 4.63. The lowest BCUT2D eigenvalue weighted by Crippen LogP contribution is -2.54. The summed E-state index contributed by atoms with van der Waals surface area (Å²) in [5, 5.41) is 5.58. The molecule has 0 aromatic heterocycles. The fraction of sp³-hybridized carbons (Fsp3) is 0.833. The van der Waals surface area contributed by atoms with Gasteiger partial charge in [-0.15, -0.1) is 0 Å². The van der Waals surface area contributed by atoms with Crippen molar-refractivity contribution in [2.75, 3.05) is 11.5 Å². The molecule has 26 heavy (non-hydrogen) atoms. The van der Waals surface area contributed by atoms with Crippen LogP contribution >= 0.6 is 21.6 Å². The third kappa shape index (κ3) is 7.39. The molecule has 0 aliphatic carbocycles. The van der Waals surface area contributed by atoms with Gasteiger partial charge in [0.05, 0.1) is 0 Å². The molecule has 6 nitrogen and oxygen atoms in total. The van der Waals surface area contributed by atoms with Crippen molar-refractivity contribution < 1.29 is 19.1 Å². The quantitative estimate of drug-likeness (QED) is 0.546. The van der Waals surface area contributed by atoms with E-state index in [4.69, 9.17) is 4.74 Å². The molecule has 2 N–H and O–H groups in total. The van der Waals surface area contributed by atoms with Gasteiger partial charge in [-0.3, -0.25) is 9.59 Å². The predicted molar refractivity (Wildman–Crippen MR) is 106 cm³/mol. The van der Waals surface area contributed by atoms with Crippen molar-refractivity contribution in [3.05, 3.63) is 0 Å². The lowest BCUT2D eigenvalue weighted by atomic mass is 10.0. The molecule has 0 saturated carbocycles. The van der Waals surface area contributed by atoms with Crippen LogP contribution in [-0.4, -0.2) is 47.5 Å². The number of ether oxygens (including phenoxy) is 1. The van der Waals surface area contributed by atoms with Gasteiger partial charge in [0.15, 0.2) is 0 Å². The minimum Gasteiger partial charge on any atom is -0.461 e. The van der Waals surface area contributed by atoms with Crippen LogP contribution < -0.4 is 10.6 Å². The molecule has 3 atom stereocenters. The smallest absolute Gasteiger partial charge is 0.329 e.